The van der Waals surface area contributed by atoms with Crippen LogP contribution in [-0.2, 0) is 0 Å². The molecule has 0 aliphatic rings. The van der Waals surface area contributed by atoms with Crippen molar-refractivity contribution >= 4 is 45.2 Å². The highest BCUT2D eigenvalue weighted by atomic mass is 79.9. The van der Waals surface area contributed by atoms with Gasteiger partial charge in [0.1, 0.15) is 0 Å². The molecule has 0 fully saturated rings. The van der Waals surface area contributed by atoms with E-state index in [0.29, 0.717) is 10.0 Å². The van der Waals surface area contributed by atoms with Crippen LogP contribution >= 0.6 is 39.1 Å². The molecule has 0 amide bonds. The first-order valence-electron chi connectivity index (χ1n) is 3.27. The van der Waals surface area contributed by atoms with Crippen molar-refractivity contribution in [1.82, 2.24) is 4.98 Å². The number of aromatic nitrogens is 1. The smallest absolute Gasteiger partial charge is 0.0676 e. The molecule has 0 atom stereocenters. The van der Waals surface area contributed by atoms with Crippen molar-refractivity contribution in [3.63, 3.8) is 0 Å². The van der Waals surface area contributed by atoms with Crippen LogP contribution in [0.5, 0.6) is 0 Å². The van der Waals surface area contributed by atoms with E-state index >= 15 is 0 Å². The van der Waals surface area contributed by atoms with Crippen LogP contribution in [0.3, 0.4) is 0 Å². The van der Waals surface area contributed by atoms with Crippen LogP contribution in [0.4, 0.5) is 0 Å². The topological polar surface area (TPSA) is 12.9 Å². The number of hydrogen-bond acceptors (Lipinski definition) is 1. The standard InChI is InChI=1S/C8H6BrCl2N/c9-3-1-2-6-7(10)4-12-5-8(6)11/h1-2,4-5H,3H2. The summed E-state index contributed by atoms with van der Waals surface area (Å²) in [5.41, 5.74) is 0.813. The number of pyridine rings is 1. The van der Waals surface area contributed by atoms with Gasteiger partial charge in [-0.3, -0.25) is 4.98 Å². The van der Waals surface area contributed by atoms with Gasteiger partial charge in [-0.25, -0.2) is 0 Å². The predicted octanol–water partition coefficient (Wildman–Crippen LogP) is 3.80. The summed E-state index contributed by atoms with van der Waals surface area (Å²) in [6.45, 7) is 0. The Morgan fingerprint density at radius 3 is 2.42 bits per heavy atom. The Bertz CT molecular complexity index is 279. The van der Waals surface area contributed by atoms with Crippen LogP contribution < -0.4 is 0 Å². The van der Waals surface area contributed by atoms with Gasteiger partial charge in [-0.2, -0.15) is 0 Å². The molecule has 0 N–H and O–H groups in total. The molecule has 0 bridgehead atoms. The van der Waals surface area contributed by atoms with Gasteiger partial charge in [0.15, 0.2) is 0 Å². The lowest BCUT2D eigenvalue weighted by molar-refractivity contribution is 1.32. The monoisotopic (exact) mass is 265 g/mol. The lowest BCUT2D eigenvalue weighted by atomic mass is 10.2. The van der Waals surface area contributed by atoms with Gasteiger partial charge in [-0.1, -0.05) is 51.3 Å². The maximum absolute atomic E-state index is 5.85. The van der Waals surface area contributed by atoms with Gasteiger partial charge in [0.25, 0.3) is 0 Å². The van der Waals surface area contributed by atoms with Crippen LogP contribution in [-0.4, -0.2) is 10.3 Å². The fourth-order valence-corrected chi connectivity index (χ4v) is 1.42. The quantitative estimate of drug-likeness (QED) is 0.742. The molecule has 0 aromatic carbocycles. The number of allylic oxidation sites excluding steroid dienone is 1. The molecule has 0 unspecified atom stereocenters. The van der Waals surface area contributed by atoms with E-state index in [-0.39, 0.29) is 0 Å². The molecule has 1 nitrogen and oxygen atoms in total. The van der Waals surface area contributed by atoms with Crippen molar-refractivity contribution in [2.24, 2.45) is 0 Å². The lowest BCUT2D eigenvalue weighted by Crippen LogP contribution is -1.80. The lowest BCUT2D eigenvalue weighted by Gasteiger charge is -1.98. The highest BCUT2D eigenvalue weighted by Gasteiger charge is 2.00. The zero-order chi connectivity index (χ0) is 8.97. The maximum atomic E-state index is 5.85. The average Bonchev–Trinajstić information content (AvgIpc) is 2.04. The number of rotatable bonds is 2. The summed E-state index contributed by atoms with van der Waals surface area (Å²) in [7, 11) is 0. The Kier molecular flexibility index (Phi) is 4.06. The van der Waals surface area contributed by atoms with Gasteiger partial charge in [0.2, 0.25) is 0 Å². The predicted molar refractivity (Wildman–Crippen MR) is 57.1 cm³/mol. The zero-order valence-electron chi connectivity index (χ0n) is 6.10. The van der Waals surface area contributed by atoms with Crippen LogP contribution in [0.1, 0.15) is 5.56 Å². The minimum Gasteiger partial charge on any atom is -0.262 e. The first-order chi connectivity index (χ1) is 5.75. The van der Waals surface area contributed by atoms with Crippen LogP contribution in [0.15, 0.2) is 18.5 Å². The Labute approximate surface area is 89.5 Å². The number of hydrogen-bond donors (Lipinski definition) is 0. The van der Waals surface area contributed by atoms with Gasteiger partial charge < -0.3 is 0 Å². The van der Waals surface area contributed by atoms with Gasteiger partial charge in [-0.05, 0) is 0 Å². The number of halogens is 3. The molecule has 12 heavy (non-hydrogen) atoms. The number of nitrogens with zero attached hydrogens (tertiary/aromatic N) is 1. The number of alkyl halides is 1. The summed E-state index contributed by atoms with van der Waals surface area (Å²) < 4.78 is 0. The van der Waals surface area contributed by atoms with Gasteiger partial charge in [-0.15, -0.1) is 0 Å². The van der Waals surface area contributed by atoms with Crippen molar-refractivity contribution in [3.05, 3.63) is 34.1 Å². The minimum absolute atomic E-state index is 0.569. The molecule has 4 heteroatoms. The van der Waals surface area contributed by atoms with E-state index in [1.807, 2.05) is 12.2 Å². The van der Waals surface area contributed by atoms with Crippen molar-refractivity contribution in [2.45, 2.75) is 0 Å². The fraction of sp³-hybridized carbons (Fsp3) is 0.125. The normalized spacial score (nSPS) is 10.9. The summed E-state index contributed by atoms with van der Waals surface area (Å²) in [6.07, 6.45) is 6.93. The second-order valence-electron chi connectivity index (χ2n) is 2.07. The molecule has 0 aliphatic heterocycles. The third-order valence-electron chi connectivity index (χ3n) is 1.26. The van der Waals surface area contributed by atoms with Crippen molar-refractivity contribution in [2.75, 3.05) is 5.33 Å². The van der Waals surface area contributed by atoms with Gasteiger partial charge in [0, 0.05) is 23.3 Å². The van der Waals surface area contributed by atoms with E-state index in [4.69, 9.17) is 23.2 Å². The van der Waals surface area contributed by atoms with E-state index in [1.165, 1.54) is 0 Å². The summed E-state index contributed by atoms with van der Waals surface area (Å²) in [5.74, 6) is 0. The van der Waals surface area contributed by atoms with Crippen LogP contribution in [0.2, 0.25) is 10.0 Å². The highest BCUT2D eigenvalue weighted by Crippen LogP contribution is 2.23. The molecule has 0 radical (unpaired) electrons. The molecule has 64 valence electrons. The van der Waals surface area contributed by atoms with Crippen LogP contribution in [0, 0.1) is 0 Å². The zero-order valence-corrected chi connectivity index (χ0v) is 9.20. The van der Waals surface area contributed by atoms with E-state index in [1.54, 1.807) is 12.4 Å². The van der Waals surface area contributed by atoms with Gasteiger partial charge in [0.05, 0.1) is 10.0 Å². The molecular formula is C8H6BrCl2N. The molecular weight excluding hydrogens is 261 g/mol. The first-order valence-corrected chi connectivity index (χ1v) is 5.15. The second-order valence-corrected chi connectivity index (χ2v) is 3.54. The average molecular weight is 267 g/mol. The molecule has 1 rings (SSSR count). The third kappa shape index (κ3) is 2.47. The van der Waals surface area contributed by atoms with Crippen LogP contribution in [0.25, 0.3) is 6.08 Å². The summed E-state index contributed by atoms with van der Waals surface area (Å²) >= 11 is 15.0. The molecule has 1 aromatic heterocycles. The fourth-order valence-electron chi connectivity index (χ4n) is 0.743. The summed E-state index contributed by atoms with van der Waals surface area (Å²) in [4.78, 5) is 3.84. The summed E-state index contributed by atoms with van der Waals surface area (Å²) in [6, 6.07) is 0. The molecule has 0 aliphatic carbocycles. The van der Waals surface area contributed by atoms with Gasteiger partial charge >= 0.3 is 0 Å². The molecule has 1 aromatic rings. The largest absolute Gasteiger partial charge is 0.262 e. The Morgan fingerprint density at radius 2 is 1.92 bits per heavy atom. The van der Waals surface area contributed by atoms with Crippen molar-refractivity contribution in [3.8, 4) is 0 Å². The van der Waals surface area contributed by atoms with E-state index in [9.17, 15) is 0 Å². The molecule has 0 saturated heterocycles. The maximum Gasteiger partial charge on any atom is 0.0676 e. The Balaban J connectivity index is 3.04. The third-order valence-corrected chi connectivity index (χ3v) is 2.24. The SMILES string of the molecule is Clc1cncc(Cl)c1C=CCBr. The molecule has 1 heterocycles. The van der Waals surface area contributed by atoms with E-state index < -0.39 is 0 Å². The highest BCUT2D eigenvalue weighted by molar-refractivity contribution is 9.09. The summed E-state index contributed by atoms with van der Waals surface area (Å²) in [5, 5.41) is 1.92. The molecule has 0 spiro atoms. The van der Waals surface area contributed by atoms with Crippen molar-refractivity contribution < 1.29 is 0 Å². The second kappa shape index (κ2) is 4.85. The Morgan fingerprint density at radius 1 is 1.33 bits per heavy atom. The molecule has 0 saturated carbocycles. The Hall–Kier alpha value is -0.0500. The van der Waals surface area contributed by atoms with E-state index in [0.717, 1.165) is 10.9 Å². The minimum atomic E-state index is 0.569. The first kappa shape index (κ1) is 10.0. The van der Waals surface area contributed by atoms with E-state index in [2.05, 4.69) is 20.9 Å². The van der Waals surface area contributed by atoms with Crippen molar-refractivity contribution in [1.29, 1.82) is 0 Å².